The number of rotatable bonds is 6. The summed E-state index contributed by atoms with van der Waals surface area (Å²) >= 11 is 0. The molecule has 2 aliphatic rings. The third-order valence-corrected chi connectivity index (χ3v) is 7.15. The lowest BCUT2D eigenvalue weighted by atomic mass is 10.1. The molecule has 0 unspecified atom stereocenters. The molecular weight excluding hydrogens is 458 g/mol. The van der Waals surface area contributed by atoms with Crippen molar-refractivity contribution in [1.29, 1.82) is 0 Å². The molecule has 11 nitrogen and oxygen atoms in total. The van der Waals surface area contributed by atoms with Crippen LogP contribution in [0.2, 0.25) is 0 Å². The number of carbonyl (C=O) groups is 1. The number of fused-ring (bicyclic) bond motifs is 2. The Hall–Kier alpha value is -3.54. The molecule has 1 amide bonds. The fraction of sp³-hybridized carbons (Fsp3) is 0.409. The molecule has 0 saturated carbocycles. The topological polar surface area (TPSA) is 149 Å². The number of carbonyl (C=O) groups excluding carboxylic acids is 1. The van der Waals surface area contributed by atoms with Crippen molar-refractivity contribution in [2.75, 3.05) is 35.7 Å². The van der Waals surface area contributed by atoms with Crippen LogP contribution in [0.5, 0.6) is 0 Å². The monoisotopic (exact) mass is 483 g/mol. The number of hydrogen-bond acceptors (Lipinski definition) is 10. The predicted molar refractivity (Wildman–Crippen MR) is 127 cm³/mol. The van der Waals surface area contributed by atoms with Gasteiger partial charge < -0.3 is 25.1 Å². The summed E-state index contributed by atoms with van der Waals surface area (Å²) in [4.78, 5) is 32.2. The summed E-state index contributed by atoms with van der Waals surface area (Å²) < 4.78 is 22.9. The fourth-order valence-corrected chi connectivity index (χ4v) is 5.30. The van der Waals surface area contributed by atoms with Gasteiger partial charge in [0.15, 0.2) is 11.4 Å². The van der Waals surface area contributed by atoms with E-state index < -0.39 is 22.4 Å². The average molecular weight is 484 g/mol. The number of nitrogens with zero attached hydrogens (tertiary/aromatic N) is 5. The molecule has 3 aromatic heterocycles. The van der Waals surface area contributed by atoms with Gasteiger partial charge in [-0.2, -0.15) is 4.98 Å². The van der Waals surface area contributed by atoms with Crippen LogP contribution in [-0.4, -0.2) is 61.2 Å². The highest BCUT2D eigenvalue weighted by Crippen LogP contribution is 2.32. The summed E-state index contributed by atoms with van der Waals surface area (Å²) in [5, 5.41) is 3.29. The predicted octanol–water partition coefficient (Wildman–Crippen LogP) is 2.26. The minimum Gasteiger partial charge on any atom is -0.461 e. The van der Waals surface area contributed by atoms with Crippen LogP contribution in [0.1, 0.15) is 31.8 Å². The Bertz CT molecular complexity index is 1320. The lowest BCUT2D eigenvalue weighted by molar-refractivity contribution is 0.138. The van der Waals surface area contributed by atoms with Crippen molar-refractivity contribution in [3.63, 3.8) is 0 Å². The van der Waals surface area contributed by atoms with Crippen LogP contribution in [0.4, 0.5) is 16.6 Å². The van der Waals surface area contributed by atoms with Gasteiger partial charge in [-0.3, -0.25) is 4.21 Å². The summed E-state index contributed by atoms with van der Waals surface area (Å²) in [6, 6.07) is 1.82. The molecule has 178 valence electrons. The van der Waals surface area contributed by atoms with Gasteiger partial charge in [0, 0.05) is 31.3 Å². The minimum atomic E-state index is -1.18. The van der Waals surface area contributed by atoms with Gasteiger partial charge >= 0.3 is 6.09 Å². The first-order valence-electron chi connectivity index (χ1n) is 10.9. The number of ether oxygens (including phenoxy) is 1. The standard InChI is InChI=1S/C22H25N7O4S/c1-22(2,12-33-20(23)30)28-19-17-15(6-10-34(17)31)26-21(27-19)29-7-3-13(4-8-29)18-24-11-16-14(25-18)5-9-32-16/h3,5,9,11H,4,6-8,10,12H2,1-2H3,(H2,23,30)(H,26,27,28)/t34-/m0/s1. The number of nitrogens with two attached hydrogens (primary N) is 1. The van der Waals surface area contributed by atoms with Crippen molar-refractivity contribution in [2.45, 2.75) is 37.1 Å². The quantitative estimate of drug-likeness (QED) is 0.534. The number of anilines is 2. The molecule has 12 heteroatoms. The van der Waals surface area contributed by atoms with Gasteiger partial charge in [-0.25, -0.2) is 19.7 Å². The summed E-state index contributed by atoms with van der Waals surface area (Å²) in [5.41, 5.74) is 7.73. The first-order valence-corrected chi connectivity index (χ1v) is 12.3. The Balaban J connectivity index is 1.39. The molecule has 0 saturated heterocycles. The van der Waals surface area contributed by atoms with E-state index >= 15 is 0 Å². The van der Waals surface area contributed by atoms with Crippen LogP contribution >= 0.6 is 0 Å². The maximum atomic E-state index is 12.6. The Morgan fingerprint density at radius 2 is 2.18 bits per heavy atom. The molecule has 0 aliphatic carbocycles. The number of hydrogen-bond donors (Lipinski definition) is 2. The molecule has 1 atom stereocenters. The second-order valence-corrected chi connectivity index (χ2v) is 10.4. The van der Waals surface area contributed by atoms with Crippen LogP contribution in [0, 0.1) is 0 Å². The molecule has 3 N–H and O–H groups in total. The Morgan fingerprint density at radius 1 is 1.32 bits per heavy atom. The first-order chi connectivity index (χ1) is 16.3. The Labute approximate surface area is 198 Å². The number of nitrogens with one attached hydrogen (secondary N) is 1. The first kappa shape index (κ1) is 22.3. The van der Waals surface area contributed by atoms with Gasteiger partial charge in [-0.1, -0.05) is 6.08 Å². The molecule has 0 spiro atoms. The van der Waals surface area contributed by atoms with E-state index in [2.05, 4.69) is 26.3 Å². The summed E-state index contributed by atoms with van der Waals surface area (Å²) in [7, 11) is -1.18. The van der Waals surface area contributed by atoms with Crippen LogP contribution in [0.15, 0.2) is 33.9 Å². The van der Waals surface area contributed by atoms with Crippen molar-refractivity contribution in [1.82, 2.24) is 19.9 Å². The van der Waals surface area contributed by atoms with Crippen LogP contribution in [0.25, 0.3) is 16.7 Å². The van der Waals surface area contributed by atoms with E-state index in [1.807, 2.05) is 19.9 Å². The number of aryl methyl sites for hydroxylation is 1. The van der Waals surface area contributed by atoms with E-state index in [9.17, 15) is 9.00 Å². The second kappa shape index (κ2) is 8.67. The van der Waals surface area contributed by atoms with Crippen molar-refractivity contribution in [3.05, 3.63) is 36.1 Å². The van der Waals surface area contributed by atoms with Crippen molar-refractivity contribution < 1.29 is 18.2 Å². The highest BCUT2D eigenvalue weighted by molar-refractivity contribution is 7.85. The van der Waals surface area contributed by atoms with Crippen LogP contribution in [-0.2, 0) is 22.0 Å². The van der Waals surface area contributed by atoms with Crippen molar-refractivity contribution in [2.24, 2.45) is 5.73 Å². The van der Waals surface area contributed by atoms with Crippen molar-refractivity contribution in [3.8, 4) is 0 Å². The van der Waals surface area contributed by atoms with E-state index in [0.29, 0.717) is 53.3 Å². The molecule has 0 fully saturated rings. The lowest BCUT2D eigenvalue weighted by Gasteiger charge is -2.29. The summed E-state index contributed by atoms with van der Waals surface area (Å²) in [6.07, 6.45) is 5.88. The van der Waals surface area contributed by atoms with Gasteiger partial charge in [0.1, 0.15) is 22.8 Å². The van der Waals surface area contributed by atoms with E-state index in [-0.39, 0.29) is 6.61 Å². The third kappa shape index (κ3) is 4.45. The van der Waals surface area contributed by atoms with Gasteiger partial charge in [0.05, 0.1) is 34.5 Å². The highest BCUT2D eigenvalue weighted by Gasteiger charge is 2.31. The average Bonchev–Trinajstić information content (AvgIpc) is 3.44. The zero-order valence-corrected chi connectivity index (χ0v) is 19.7. The molecule has 0 bridgehead atoms. The minimum absolute atomic E-state index is 0.0416. The lowest BCUT2D eigenvalue weighted by Crippen LogP contribution is -2.39. The number of primary amides is 1. The molecule has 5 heterocycles. The number of furan rings is 1. The van der Waals surface area contributed by atoms with E-state index in [1.54, 1.807) is 12.5 Å². The number of amides is 1. The summed E-state index contributed by atoms with van der Waals surface area (Å²) in [5.74, 6) is 2.26. The SMILES string of the molecule is CC(C)(COC(N)=O)Nc1nc(N2CC=C(c3ncc4occc4n3)CC2)nc2c1[S@@](=O)CC2. The smallest absolute Gasteiger partial charge is 0.404 e. The molecule has 0 aromatic carbocycles. The Morgan fingerprint density at radius 3 is 2.94 bits per heavy atom. The highest BCUT2D eigenvalue weighted by atomic mass is 32.2. The molecular formula is C22H25N7O4S. The third-order valence-electron chi connectivity index (χ3n) is 5.69. The molecule has 5 rings (SSSR count). The van der Waals surface area contributed by atoms with Gasteiger partial charge in [0.25, 0.3) is 0 Å². The molecule has 34 heavy (non-hydrogen) atoms. The second-order valence-electron chi connectivity index (χ2n) is 8.85. The van der Waals surface area contributed by atoms with E-state index in [0.717, 1.165) is 23.2 Å². The van der Waals surface area contributed by atoms with Gasteiger partial charge in [-0.15, -0.1) is 0 Å². The fourth-order valence-electron chi connectivity index (χ4n) is 3.99. The van der Waals surface area contributed by atoms with E-state index in [4.69, 9.17) is 24.9 Å². The largest absolute Gasteiger partial charge is 0.461 e. The number of aromatic nitrogens is 4. The van der Waals surface area contributed by atoms with Crippen LogP contribution in [0.3, 0.4) is 0 Å². The summed E-state index contributed by atoms with van der Waals surface area (Å²) in [6.45, 7) is 5.04. The van der Waals surface area contributed by atoms with Gasteiger partial charge in [-0.05, 0) is 25.8 Å². The van der Waals surface area contributed by atoms with Crippen LogP contribution < -0.4 is 16.0 Å². The maximum Gasteiger partial charge on any atom is 0.404 e. The zero-order valence-electron chi connectivity index (χ0n) is 18.9. The molecule has 3 aromatic rings. The Kier molecular flexibility index (Phi) is 5.68. The normalized spacial score (nSPS) is 18.0. The van der Waals surface area contributed by atoms with Crippen molar-refractivity contribution >= 4 is 45.3 Å². The zero-order chi connectivity index (χ0) is 23.9. The molecule has 0 radical (unpaired) electrons. The van der Waals surface area contributed by atoms with Gasteiger partial charge in [0.2, 0.25) is 5.95 Å². The molecule has 2 aliphatic heterocycles. The van der Waals surface area contributed by atoms with E-state index in [1.165, 1.54) is 0 Å². The maximum absolute atomic E-state index is 12.6.